The minimum Gasteiger partial charge on any atom is -0.481 e. The van der Waals surface area contributed by atoms with E-state index in [1.807, 2.05) is 42.5 Å². The molecular formula is C28H21ClN2O3. The van der Waals surface area contributed by atoms with Gasteiger partial charge in [0.25, 0.3) is 6.01 Å². The summed E-state index contributed by atoms with van der Waals surface area (Å²) in [6.07, 6.45) is 0.579. The summed E-state index contributed by atoms with van der Waals surface area (Å²) in [6.45, 7) is 0. The van der Waals surface area contributed by atoms with Crippen LogP contribution in [-0.4, -0.2) is 21.0 Å². The molecule has 6 heteroatoms. The Morgan fingerprint density at radius 2 is 1.56 bits per heavy atom. The first-order valence-electron chi connectivity index (χ1n) is 10.9. The topological polar surface area (TPSA) is 75.2 Å². The van der Waals surface area contributed by atoms with E-state index in [9.17, 15) is 4.79 Å². The molecule has 0 aliphatic heterocycles. The number of carboxylic acids is 1. The van der Waals surface area contributed by atoms with Gasteiger partial charge in [0, 0.05) is 12.0 Å². The van der Waals surface area contributed by atoms with Gasteiger partial charge < -0.3 is 14.8 Å². The molecule has 0 aliphatic carbocycles. The van der Waals surface area contributed by atoms with Crippen molar-refractivity contribution in [3.05, 3.63) is 102 Å². The van der Waals surface area contributed by atoms with Crippen LogP contribution in [0.3, 0.4) is 0 Å². The number of fused-ring (bicyclic) bond motifs is 1. The highest BCUT2D eigenvalue weighted by Crippen LogP contribution is 2.34. The first kappa shape index (κ1) is 21.7. The largest absolute Gasteiger partial charge is 0.481 e. The molecule has 0 fully saturated rings. The molecule has 1 heterocycles. The van der Waals surface area contributed by atoms with Gasteiger partial charge in [0.15, 0.2) is 0 Å². The molecular weight excluding hydrogens is 448 g/mol. The van der Waals surface area contributed by atoms with Crippen molar-refractivity contribution < 1.29 is 14.6 Å². The standard InChI is InChI=1S/C28H21ClN2O3/c29-24-17-26-25(16-23(24)21-11-9-20(10-12-21)19-4-2-1-3-5-19)30-28(31-26)34-22-13-6-18(7-14-22)8-15-27(32)33/h1-7,9-14,16-17H,8,15H2,(H,30,31)(H,32,33). The Morgan fingerprint density at radius 3 is 2.26 bits per heavy atom. The number of nitrogens with one attached hydrogen (secondary N) is 1. The molecule has 5 nitrogen and oxygen atoms in total. The third-order valence-corrected chi connectivity index (χ3v) is 5.93. The third-order valence-electron chi connectivity index (χ3n) is 5.62. The quantitative estimate of drug-likeness (QED) is 0.261. The summed E-state index contributed by atoms with van der Waals surface area (Å²) in [5.41, 5.74) is 6.69. The summed E-state index contributed by atoms with van der Waals surface area (Å²) in [7, 11) is 0. The zero-order chi connectivity index (χ0) is 23.5. The number of hydrogen-bond donors (Lipinski definition) is 2. The number of halogens is 1. The van der Waals surface area contributed by atoms with Crippen LogP contribution in [0, 0.1) is 0 Å². The average Bonchev–Trinajstić information content (AvgIpc) is 3.24. The molecule has 0 saturated heterocycles. The van der Waals surface area contributed by atoms with Crippen molar-refractivity contribution in [2.24, 2.45) is 0 Å². The summed E-state index contributed by atoms with van der Waals surface area (Å²) < 4.78 is 5.87. The van der Waals surface area contributed by atoms with Crippen molar-refractivity contribution in [3.8, 4) is 34.0 Å². The summed E-state index contributed by atoms with van der Waals surface area (Å²) in [5, 5.41) is 9.44. The fraction of sp³-hybridized carbons (Fsp3) is 0.0714. The molecule has 1 aromatic heterocycles. The molecule has 0 atom stereocenters. The maximum Gasteiger partial charge on any atom is 0.303 e. The molecule has 0 radical (unpaired) electrons. The molecule has 5 rings (SSSR count). The fourth-order valence-electron chi connectivity index (χ4n) is 3.84. The first-order chi connectivity index (χ1) is 16.5. The number of carbonyl (C=O) groups is 1. The second kappa shape index (κ2) is 9.41. The normalized spacial score (nSPS) is 11.0. The molecule has 2 N–H and O–H groups in total. The van der Waals surface area contributed by atoms with Crippen LogP contribution in [0.15, 0.2) is 91.0 Å². The van der Waals surface area contributed by atoms with Gasteiger partial charge in [-0.1, -0.05) is 78.3 Å². The average molecular weight is 469 g/mol. The molecule has 0 spiro atoms. The second-order valence-electron chi connectivity index (χ2n) is 7.97. The number of rotatable bonds is 7. The minimum absolute atomic E-state index is 0.0991. The number of aryl methyl sites for hydroxylation is 1. The van der Waals surface area contributed by atoms with Gasteiger partial charge in [-0.15, -0.1) is 0 Å². The van der Waals surface area contributed by atoms with Gasteiger partial charge in [-0.2, -0.15) is 4.98 Å². The number of ether oxygens (including phenoxy) is 1. The highest BCUT2D eigenvalue weighted by Gasteiger charge is 2.11. The zero-order valence-electron chi connectivity index (χ0n) is 18.2. The SMILES string of the molecule is O=C(O)CCc1ccc(Oc2nc3cc(-c4ccc(-c5ccccc5)cc4)c(Cl)cc3[nH]2)cc1. The molecule has 0 saturated carbocycles. The predicted molar refractivity (Wildman–Crippen MR) is 134 cm³/mol. The lowest BCUT2D eigenvalue weighted by Gasteiger charge is -2.07. The van der Waals surface area contributed by atoms with Crippen molar-refractivity contribution in [2.45, 2.75) is 12.8 Å². The maximum atomic E-state index is 10.7. The van der Waals surface area contributed by atoms with Crippen molar-refractivity contribution in [1.29, 1.82) is 0 Å². The lowest BCUT2D eigenvalue weighted by Crippen LogP contribution is -1.97. The molecule has 4 aromatic carbocycles. The van der Waals surface area contributed by atoms with Crippen molar-refractivity contribution in [1.82, 2.24) is 9.97 Å². The number of benzene rings is 4. The number of hydrogen-bond acceptors (Lipinski definition) is 3. The summed E-state index contributed by atoms with van der Waals surface area (Å²) in [6, 6.07) is 30.0. The van der Waals surface area contributed by atoms with E-state index < -0.39 is 5.97 Å². The lowest BCUT2D eigenvalue weighted by molar-refractivity contribution is -0.136. The third kappa shape index (κ3) is 4.80. The van der Waals surface area contributed by atoms with Crippen LogP contribution >= 0.6 is 11.6 Å². The van der Waals surface area contributed by atoms with Crippen molar-refractivity contribution in [3.63, 3.8) is 0 Å². The number of aliphatic carboxylic acids is 1. The summed E-state index contributed by atoms with van der Waals surface area (Å²) in [4.78, 5) is 18.5. The van der Waals surface area contributed by atoms with E-state index in [0.29, 0.717) is 23.2 Å². The monoisotopic (exact) mass is 468 g/mol. The molecule has 0 aliphatic rings. The summed E-state index contributed by atoms with van der Waals surface area (Å²) in [5.74, 6) is -0.200. The zero-order valence-corrected chi connectivity index (χ0v) is 18.9. The Balaban J connectivity index is 1.36. The van der Waals surface area contributed by atoms with Crippen molar-refractivity contribution >= 4 is 28.6 Å². The fourth-order valence-corrected chi connectivity index (χ4v) is 4.11. The minimum atomic E-state index is -0.812. The highest BCUT2D eigenvalue weighted by atomic mass is 35.5. The smallest absolute Gasteiger partial charge is 0.303 e. The van der Waals surface area contributed by atoms with E-state index in [2.05, 4.69) is 46.4 Å². The van der Waals surface area contributed by atoms with Gasteiger partial charge in [-0.25, -0.2) is 0 Å². The van der Waals surface area contributed by atoms with Gasteiger partial charge in [-0.05, 0) is 52.9 Å². The number of aromatic nitrogens is 2. The van der Waals surface area contributed by atoms with Crippen LogP contribution in [0.2, 0.25) is 5.02 Å². The highest BCUT2D eigenvalue weighted by molar-refractivity contribution is 6.34. The molecule has 168 valence electrons. The van der Waals surface area contributed by atoms with E-state index >= 15 is 0 Å². The molecule has 5 aromatic rings. The van der Waals surface area contributed by atoms with Gasteiger partial charge in [0.2, 0.25) is 0 Å². The van der Waals surface area contributed by atoms with Crippen LogP contribution in [0.5, 0.6) is 11.8 Å². The van der Waals surface area contributed by atoms with Crippen LogP contribution in [-0.2, 0) is 11.2 Å². The number of nitrogens with zero attached hydrogens (tertiary/aromatic N) is 1. The number of imidazole rings is 1. The van der Waals surface area contributed by atoms with Crippen molar-refractivity contribution in [2.75, 3.05) is 0 Å². The van der Waals surface area contributed by atoms with Crippen LogP contribution < -0.4 is 4.74 Å². The number of aromatic amines is 1. The lowest BCUT2D eigenvalue weighted by atomic mass is 10.00. The van der Waals surface area contributed by atoms with E-state index in [4.69, 9.17) is 21.4 Å². The Kier molecular flexibility index (Phi) is 6.02. The van der Waals surface area contributed by atoms with Crippen LogP contribution in [0.1, 0.15) is 12.0 Å². The Labute approximate surface area is 201 Å². The Morgan fingerprint density at radius 1 is 0.882 bits per heavy atom. The van der Waals surface area contributed by atoms with E-state index in [1.165, 1.54) is 5.56 Å². The van der Waals surface area contributed by atoms with Gasteiger partial charge >= 0.3 is 5.97 Å². The summed E-state index contributed by atoms with van der Waals surface area (Å²) >= 11 is 6.60. The Bertz CT molecular complexity index is 1440. The first-order valence-corrected chi connectivity index (χ1v) is 11.3. The molecule has 34 heavy (non-hydrogen) atoms. The Hall–Kier alpha value is -4.09. The number of carboxylic acid groups (broad SMARTS) is 1. The number of H-pyrrole nitrogens is 1. The maximum absolute atomic E-state index is 10.7. The predicted octanol–water partition coefficient (Wildman–Crippen LogP) is 7.36. The van der Waals surface area contributed by atoms with Gasteiger partial charge in [0.05, 0.1) is 16.1 Å². The molecule has 0 bridgehead atoms. The van der Waals surface area contributed by atoms with Crippen LogP contribution in [0.25, 0.3) is 33.3 Å². The van der Waals surface area contributed by atoms with Gasteiger partial charge in [-0.3, -0.25) is 4.79 Å². The molecule has 0 unspecified atom stereocenters. The van der Waals surface area contributed by atoms with E-state index in [0.717, 1.165) is 33.3 Å². The molecule has 0 amide bonds. The second-order valence-corrected chi connectivity index (χ2v) is 8.38. The van der Waals surface area contributed by atoms with Crippen LogP contribution in [0.4, 0.5) is 0 Å². The van der Waals surface area contributed by atoms with Gasteiger partial charge in [0.1, 0.15) is 5.75 Å². The van der Waals surface area contributed by atoms with E-state index in [-0.39, 0.29) is 6.42 Å². The van der Waals surface area contributed by atoms with E-state index in [1.54, 1.807) is 12.1 Å².